The molecule has 0 unspecified atom stereocenters. The molecular weight excluding hydrogens is 258 g/mol. The summed E-state index contributed by atoms with van der Waals surface area (Å²) in [4.78, 5) is 0. The summed E-state index contributed by atoms with van der Waals surface area (Å²) in [5.41, 5.74) is 0.972. The summed E-state index contributed by atoms with van der Waals surface area (Å²) in [7, 11) is 1.91. The number of aliphatic hydroxyl groups excluding tert-OH is 1. The van der Waals surface area contributed by atoms with E-state index in [1.807, 2.05) is 35.9 Å². The maximum Gasteiger partial charge on any atom is 0.191 e. The molecule has 0 saturated heterocycles. The number of benzene rings is 1. The maximum atomic E-state index is 8.78. The zero-order valence-corrected chi connectivity index (χ0v) is 10.9. The first-order chi connectivity index (χ1) is 8.22. The molecule has 17 heavy (non-hydrogen) atoms. The Morgan fingerprint density at radius 2 is 2.00 bits per heavy atom. The Morgan fingerprint density at radius 1 is 1.29 bits per heavy atom. The molecular formula is C11H12ClN3OS. The van der Waals surface area contributed by atoms with E-state index in [1.54, 1.807) is 0 Å². The number of hydrogen-bond acceptors (Lipinski definition) is 4. The van der Waals surface area contributed by atoms with Gasteiger partial charge in [0.1, 0.15) is 0 Å². The molecule has 1 aromatic carbocycles. The lowest BCUT2D eigenvalue weighted by molar-refractivity contribution is 0.322. The lowest BCUT2D eigenvalue weighted by Crippen LogP contribution is -1.96. The van der Waals surface area contributed by atoms with Crippen LogP contribution in [0.3, 0.4) is 0 Å². The molecule has 0 saturated carbocycles. The van der Waals surface area contributed by atoms with Crippen molar-refractivity contribution >= 4 is 23.4 Å². The van der Waals surface area contributed by atoms with Crippen molar-refractivity contribution in [3.8, 4) is 11.4 Å². The third-order valence-electron chi connectivity index (χ3n) is 2.26. The van der Waals surface area contributed by atoms with Gasteiger partial charge >= 0.3 is 0 Å². The van der Waals surface area contributed by atoms with Gasteiger partial charge in [0.15, 0.2) is 11.0 Å². The lowest BCUT2D eigenvalue weighted by atomic mass is 10.2. The first kappa shape index (κ1) is 12.4. The van der Waals surface area contributed by atoms with Gasteiger partial charge in [0.05, 0.1) is 6.61 Å². The van der Waals surface area contributed by atoms with Gasteiger partial charge in [-0.15, -0.1) is 10.2 Å². The topological polar surface area (TPSA) is 50.9 Å². The molecule has 0 aliphatic carbocycles. The standard InChI is InChI=1S/C11H12ClN3OS/c1-15-10(8-2-4-9(12)5-3-8)13-14-11(15)17-7-6-16/h2-5,16H,6-7H2,1H3. The molecule has 0 fully saturated rings. The SMILES string of the molecule is Cn1c(SCCO)nnc1-c1ccc(Cl)cc1. The van der Waals surface area contributed by atoms with E-state index in [1.165, 1.54) is 11.8 Å². The fraction of sp³-hybridized carbons (Fsp3) is 0.273. The molecule has 90 valence electrons. The van der Waals surface area contributed by atoms with Crippen LogP contribution in [0.2, 0.25) is 5.02 Å². The van der Waals surface area contributed by atoms with Crippen LogP contribution >= 0.6 is 23.4 Å². The van der Waals surface area contributed by atoms with Gasteiger partial charge in [-0.1, -0.05) is 23.4 Å². The Labute approximate surface area is 109 Å². The normalized spacial score (nSPS) is 10.8. The van der Waals surface area contributed by atoms with Gasteiger partial charge in [0.25, 0.3) is 0 Å². The molecule has 0 amide bonds. The van der Waals surface area contributed by atoms with Crippen LogP contribution in [0.15, 0.2) is 29.4 Å². The predicted molar refractivity (Wildman–Crippen MR) is 69.3 cm³/mol. The molecule has 1 N–H and O–H groups in total. The van der Waals surface area contributed by atoms with Gasteiger partial charge in [-0.2, -0.15) is 0 Å². The van der Waals surface area contributed by atoms with E-state index in [9.17, 15) is 0 Å². The fourth-order valence-corrected chi connectivity index (χ4v) is 2.21. The largest absolute Gasteiger partial charge is 0.396 e. The van der Waals surface area contributed by atoms with Crippen molar-refractivity contribution in [3.05, 3.63) is 29.3 Å². The minimum absolute atomic E-state index is 0.133. The number of halogens is 1. The molecule has 4 nitrogen and oxygen atoms in total. The summed E-state index contributed by atoms with van der Waals surface area (Å²) in [5, 5.41) is 18.5. The molecule has 1 heterocycles. The highest BCUT2D eigenvalue weighted by Gasteiger charge is 2.10. The third kappa shape index (κ3) is 2.80. The number of aromatic nitrogens is 3. The van der Waals surface area contributed by atoms with Crippen molar-refractivity contribution < 1.29 is 5.11 Å². The van der Waals surface area contributed by atoms with Crippen molar-refractivity contribution in [2.75, 3.05) is 12.4 Å². The molecule has 0 atom stereocenters. The Balaban J connectivity index is 2.27. The van der Waals surface area contributed by atoms with Crippen molar-refractivity contribution in [3.63, 3.8) is 0 Å². The number of aliphatic hydroxyl groups is 1. The van der Waals surface area contributed by atoms with E-state index in [0.29, 0.717) is 10.8 Å². The number of rotatable bonds is 4. The molecule has 2 aromatic rings. The third-order valence-corrected chi connectivity index (χ3v) is 3.51. The average molecular weight is 270 g/mol. The molecule has 0 bridgehead atoms. The highest BCUT2D eigenvalue weighted by molar-refractivity contribution is 7.99. The first-order valence-electron chi connectivity index (χ1n) is 5.11. The highest BCUT2D eigenvalue weighted by atomic mass is 35.5. The van der Waals surface area contributed by atoms with Gasteiger partial charge in [-0.25, -0.2) is 0 Å². The summed E-state index contributed by atoms with van der Waals surface area (Å²) in [6, 6.07) is 7.47. The second-order valence-electron chi connectivity index (χ2n) is 3.44. The molecule has 2 rings (SSSR count). The van der Waals surface area contributed by atoms with Gasteiger partial charge in [-0.05, 0) is 24.3 Å². The van der Waals surface area contributed by atoms with Crippen LogP contribution in [0, 0.1) is 0 Å². The van der Waals surface area contributed by atoms with Gasteiger partial charge in [-0.3, -0.25) is 0 Å². The summed E-state index contributed by atoms with van der Waals surface area (Å²) in [6.07, 6.45) is 0. The minimum Gasteiger partial charge on any atom is -0.396 e. The van der Waals surface area contributed by atoms with E-state index >= 15 is 0 Å². The summed E-state index contributed by atoms with van der Waals surface area (Å²) < 4.78 is 1.91. The van der Waals surface area contributed by atoms with Gasteiger partial charge in [0, 0.05) is 23.4 Å². The van der Waals surface area contributed by atoms with Crippen molar-refractivity contribution in [1.82, 2.24) is 14.8 Å². The van der Waals surface area contributed by atoms with E-state index in [0.717, 1.165) is 16.5 Å². The molecule has 0 aliphatic heterocycles. The average Bonchev–Trinajstić information content (AvgIpc) is 2.69. The minimum atomic E-state index is 0.133. The molecule has 6 heteroatoms. The summed E-state index contributed by atoms with van der Waals surface area (Å²) in [6.45, 7) is 0.133. The molecule has 0 aliphatic rings. The van der Waals surface area contributed by atoms with Crippen LogP contribution in [-0.2, 0) is 7.05 Å². The zero-order chi connectivity index (χ0) is 12.3. The van der Waals surface area contributed by atoms with Crippen LogP contribution < -0.4 is 0 Å². The second-order valence-corrected chi connectivity index (χ2v) is 4.94. The first-order valence-corrected chi connectivity index (χ1v) is 6.47. The second kappa shape index (κ2) is 5.53. The smallest absolute Gasteiger partial charge is 0.191 e. The van der Waals surface area contributed by atoms with E-state index in [2.05, 4.69) is 10.2 Å². The van der Waals surface area contributed by atoms with Gasteiger partial charge in [0.2, 0.25) is 0 Å². The zero-order valence-electron chi connectivity index (χ0n) is 9.30. The fourth-order valence-electron chi connectivity index (χ4n) is 1.43. The van der Waals surface area contributed by atoms with Gasteiger partial charge < -0.3 is 9.67 Å². The van der Waals surface area contributed by atoms with Crippen LogP contribution in [0.1, 0.15) is 0 Å². The molecule has 0 radical (unpaired) electrons. The summed E-state index contributed by atoms with van der Waals surface area (Å²) >= 11 is 7.32. The number of nitrogens with zero attached hydrogens (tertiary/aromatic N) is 3. The number of thioether (sulfide) groups is 1. The van der Waals surface area contributed by atoms with Crippen molar-refractivity contribution in [1.29, 1.82) is 0 Å². The lowest BCUT2D eigenvalue weighted by Gasteiger charge is -2.03. The van der Waals surface area contributed by atoms with Crippen LogP contribution in [0.5, 0.6) is 0 Å². The predicted octanol–water partition coefficient (Wildman–Crippen LogP) is 2.22. The summed E-state index contributed by atoms with van der Waals surface area (Å²) in [5.74, 6) is 1.41. The molecule has 1 aromatic heterocycles. The van der Waals surface area contributed by atoms with E-state index < -0.39 is 0 Å². The van der Waals surface area contributed by atoms with Crippen molar-refractivity contribution in [2.45, 2.75) is 5.16 Å². The Bertz CT molecular complexity index is 498. The van der Waals surface area contributed by atoms with Crippen LogP contribution in [-0.4, -0.2) is 32.2 Å². The molecule has 0 spiro atoms. The quantitative estimate of drug-likeness (QED) is 0.865. The maximum absolute atomic E-state index is 8.78. The monoisotopic (exact) mass is 269 g/mol. The Morgan fingerprint density at radius 3 is 2.65 bits per heavy atom. The Kier molecular flexibility index (Phi) is 4.04. The van der Waals surface area contributed by atoms with E-state index in [-0.39, 0.29) is 6.61 Å². The highest BCUT2D eigenvalue weighted by Crippen LogP contribution is 2.23. The van der Waals surface area contributed by atoms with Crippen LogP contribution in [0.25, 0.3) is 11.4 Å². The van der Waals surface area contributed by atoms with Crippen molar-refractivity contribution in [2.24, 2.45) is 7.05 Å². The Hall–Kier alpha value is -1.04. The van der Waals surface area contributed by atoms with E-state index in [4.69, 9.17) is 16.7 Å². The number of hydrogen-bond donors (Lipinski definition) is 1. The van der Waals surface area contributed by atoms with Crippen LogP contribution in [0.4, 0.5) is 0 Å².